The molecule has 2 aliphatic heterocycles. The summed E-state index contributed by atoms with van der Waals surface area (Å²) in [4.78, 5) is 11.0. The van der Waals surface area contributed by atoms with Gasteiger partial charge in [-0.2, -0.15) is 0 Å². The molecule has 2 fully saturated rings. The van der Waals surface area contributed by atoms with Gasteiger partial charge in [0.25, 0.3) is 0 Å². The highest BCUT2D eigenvalue weighted by Crippen LogP contribution is 2.19. The second-order valence-corrected chi connectivity index (χ2v) is 4.77. The highest BCUT2D eigenvalue weighted by Gasteiger charge is 2.29. The van der Waals surface area contributed by atoms with Crippen molar-refractivity contribution >= 4 is 5.91 Å². The van der Waals surface area contributed by atoms with Crippen LogP contribution in [0.3, 0.4) is 0 Å². The zero-order valence-electron chi connectivity index (χ0n) is 9.50. The van der Waals surface area contributed by atoms with Gasteiger partial charge < -0.3 is 20.5 Å². The molecule has 0 saturated carbocycles. The molecule has 0 bridgehead atoms. The van der Waals surface area contributed by atoms with Gasteiger partial charge in [0.15, 0.2) is 0 Å². The van der Waals surface area contributed by atoms with E-state index in [2.05, 4.69) is 10.6 Å². The van der Waals surface area contributed by atoms with Crippen LogP contribution < -0.4 is 10.6 Å². The van der Waals surface area contributed by atoms with E-state index in [-0.39, 0.29) is 11.9 Å². The quantitative estimate of drug-likeness (QED) is 0.601. The van der Waals surface area contributed by atoms with Crippen LogP contribution in [0.25, 0.3) is 0 Å². The minimum absolute atomic E-state index is 0.136. The lowest BCUT2D eigenvalue weighted by Crippen LogP contribution is -2.47. The van der Waals surface area contributed by atoms with Gasteiger partial charge in [-0.3, -0.25) is 4.79 Å². The van der Waals surface area contributed by atoms with Gasteiger partial charge in [-0.15, -0.1) is 0 Å². The van der Waals surface area contributed by atoms with Gasteiger partial charge in [0.1, 0.15) is 0 Å². The zero-order chi connectivity index (χ0) is 11.4. The van der Waals surface area contributed by atoms with Gasteiger partial charge in [-0.25, -0.2) is 0 Å². The van der Waals surface area contributed by atoms with Crippen LogP contribution in [0.1, 0.15) is 25.7 Å². The summed E-state index contributed by atoms with van der Waals surface area (Å²) in [5.74, 6) is 0.136. The number of hydrogen-bond acceptors (Lipinski definition) is 4. The van der Waals surface area contributed by atoms with Crippen molar-refractivity contribution in [3.8, 4) is 0 Å². The number of hydrogen-bond donors (Lipinski definition) is 3. The first-order valence-corrected chi connectivity index (χ1v) is 5.98. The molecule has 1 unspecified atom stereocenters. The lowest BCUT2D eigenvalue weighted by molar-refractivity contribution is -0.119. The Morgan fingerprint density at radius 3 is 2.88 bits per heavy atom. The maximum Gasteiger partial charge on any atom is 0.220 e. The number of rotatable bonds is 4. The van der Waals surface area contributed by atoms with Crippen molar-refractivity contribution in [2.75, 3.05) is 26.3 Å². The lowest BCUT2D eigenvalue weighted by Gasteiger charge is -2.32. The summed E-state index contributed by atoms with van der Waals surface area (Å²) < 4.78 is 5.21. The number of ether oxygens (including phenoxy) is 1. The second-order valence-electron chi connectivity index (χ2n) is 4.77. The third kappa shape index (κ3) is 3.17. The summed E-state index contributed by atoms with van der Waals surface area (Å²) in [6.45, 7) is 2.61. The smallest absolute Gasteiger partial charge is 0.220 e. The maximum atomic E-state index is 11.0. The van der Waals surface area contributed by atoms with E-state index >= 15 is 0 Å². The van der Waals surface area contributed by atoms with Gasteiger partial charge in [0.05, 0.1) is 5.60 Å². The van der Waals surface area contributed by atoms with Crippen LogP contribution in [0.15, 0.2) is 0 Å². The molecule has 0 spiro atoms. The van der Waals surface area contributed by atoms with Gasteiger partial charge in [-0.05, 0) is 6.42 Å². The predicted octanol–water partition coefficient (Wildman–Crippen LogP) is -0.604. The topological polar surface area (TPSA) is 70.6 Å². The van der Waals surface area contributed by atoms with E-state index in [1.165, 1.54) is 0 Å². The first-order chi connectivity index (χ1) is 7.68. The van der Waals surface area contributed by atoms with Crippen molar-refractivity contribution in [1.29, 1.82) is 0 Å². The summed E-state index contributed by atoms with van der Waals surface area (Å²) in [6, 6.07) is 0.232. The first kappa shape index (κ1) is 11.8. The van der Waals surface area contributed by atoms with Crippen molar-refractivity contribution in [1.82, 2.24) is 10.6 Å². The average Bonchev–Trinajstić information content (AvgIpc) is 2.65. The Kier molecular flexibility index (Phi) is 3.78. The van der Waals surface area contributed by atoms with E-state index < -0.39 is 5.60 Å². The Bertz CT molecular complexity index is 252. The summed E-state index contributed by atoms with van der Waals surface area (Å²) >= 11 is 0. The van der Waals surface area contributed by atoms with E-state index in [0.29, 0.717) is 39.0 Å². The van der Waals surface area contributed by atoms with Crippen molar-refractivity contribution in [3.05, 3.63) is 0 Å². The van der Waals surface area contributed by atoms with Crippen molar-refractivity contribution in [3.63, 3.8) is 0 Å². The monoisotopic (exact) mass is 228 g/mol. The molecule has 92 valence electrons. The van der Waals surface area contributed by atoms with Crippen molar-refractivity contribution in [2.24, 2.45) is 0 Å². The molecular weight excluding hydrogens is 208 g/mol. The molecule has 0 aromatic heterocycles. The molecule has 0 aromatic rings. The molecule has 1 amide bonds. The SMILES string of the molecule is O=C1CCC(CNCC2(O)CCOCC2)N1. The fraction of sp³-hybridized carbons (Fsp3) is 0.909. The molecule has 0 aromatic carbocycles. The molecule has 0 radical (unpaired) electrons. The fourth-order valence-corrected chi connectivity index (χ4v) is 2.24. The third-order valence-electron chi connectivity index (χ3n) is 3.35. The van der Waals surface area contributed by atoms with Gasteiger partial charge >= 0.3 is 0 Å². The highest BCUT2D eigenvalue weighted by molar-refractivity contribution is 5.78. The minimum Gasteiger partial charge on any atom is -0.388 e. The molecule has 2 aliphatic rings. The van der Waals surface area contributed by atoms with E-state index in [4.69, 9.17) is 4.74 Å². The van der Waals surface area contributed by atoms with Gasteiger partial charge in [-0.1, -0.05) is 0 Å². The Morgan fingerprint density at radius 2 is 2.25 bits per heavy atom. The number of carbonyl (C=O) groups is 1. The number of amides is 1. The largest absolute Gasteiger partial charge is 0.388 e. The molecule has 2 rings (SSSR count). The van der Waals surface area contributed by atoms with E-state index in [1.54, 1.807) is 0 Å². The first-order valence-electron chi connectivity index (χ1n) is 5.98. The molecule has 2 heterocycles. The van der Waals surface area contributed by atoms with Crippen LogP contribution in [0.4, 0.5) is 0 Å². The summed E-state index contributed by atoms with van der Waals surface area (Å²) in [5, 5.41) is 16.3. The average molecular weight is 228 g/mol. The van der Waals surface area contributed by atoms with Crippen LogP contribution in [0.5, 0.6) is 0 Å². The number of carbonyl (C=O) groups excluding carboxylic acids is 1. The zero-order valence-corrected chi connectivity index (χ0v) is 9.50. The van der Waals surface area contributed by atoms with Crippen molar-refractivity contribution in [2.45, 2.75) is 37.3 Å². The van der Waals surface area contributed by atoms with E-state index in [9.17, 15) is 9.90 Å². The lowest BCUT2D eigenvalue weighted by atomic mass is 9.94. The van der Waals surface area contributed by atoms with Gasteiger partial charge in [0, 0.05) is 51.6 Å². The third-order valence-corrected chi connectivity index (χ3v) is 3.35. The van der Waals surface area contributed by atoms with Gasteiger partial charge in [0.2, 0.25) is 5.91 Å². The molecule has 3 N–H and O–H groups in total. The molecular formula is C11H20N2O3. The standard InChI is InChI=1S/C11H20N2O3/c14-10-2-1-9(13-10)7-12-8-11(15)3-5-16-6-4-11/h9,12,15H,1-8H2,(H,13,14). The molecule has 5 nitrogen and oxygen atoms in total. The molecule has 2 saturated heterocycles. The Hall–Kier alpha value is -0.650. The summed E-state index contributed by atoms with van der Waals surface area (Å²) in [6.07, 6.45) is 2.91. The van der Waals surface area contributed by atoms with Crippen LogP contribution >= 0.6 is 0 Å². The van der Waals surface area contributed by atoms with Crippen LogP contribution in [-0.4, -0.2) is 49.0 Å². The number of aliphatic hydroxyl groups is 1. The normalized spacial score (nSPS) is 29.1. The molecule has 16 heavy (non-hydrogen) atoms. The van der Waals surface area contributed by atoms with E-state index in [0.717, 1.165) is 13.0 Å². The van der Waals surface area contributed by atoms with Crippen LogP contribution in [0.2, 0.25) is 0 Å². The highest BCUT2D eigenvalue weighted by atomic mass is 16.5. The predicted molar refractivity (Wildman–Crippen MR) is 59.0 cm³/mol. The number of nitrogens with one attached hydrogen (secondary N) is 2. The molecule has 1 atom stereocenters. The van der Waals surface area contributed by atoms with E-state index in [1.807, 2.05) is 0 Å². The molecule has 5 heteroatoms. The maximum absolute atomic E-state index is 11.0. The second kappa shape index (κ2) is 5.12. The minimum atomic E-state index is -0.624. The summed E-state index contributed by atoms with van der Waals surface area (Å²) in [7, 11) is 0. The summed E-state index contributed by atoms with van der Waals surface area (Å²) in [5.41, 5.74) is -0.624. The van der Waals surface area contributed by atoms with Crippen LogP contribution in [0, 0.1) is 0 Å². The Morgan fingerprint density at radius 1 is 1.50 bits per heavy atom. The van der Waals surface area contributed by atoms with Crippen molar-refractivity contribution < 1.29 is 14.6 Å². The van der Waals surface area contributed by atoms with Crippen LogP contribution in [-0.2, 0) is 9.53 Å². The molecule has 0 aliphatic carbocycles. The Balaban J connectivity index is 1.65. The Labute approximate surface area is 95.5 Å². The fourth-order valence-electron chi connectivity index (χ4n) is 2.24.